The average molecular weight is 187 g/mol. The minimum Gasteiger partial charge on any atom is -0.383 e. The van der Waals surface area contributed by atoms with E-state index in [4.69, 9.17) is 4.74 Å². The Morgan fingerprint density at radius 3 is 2.23 bits per heavy atom. The summed E-state index contributed by atoms with van der Waals surface area (Å²) in [7, 11) is 3.93. The van der Waals surface area contributed by atoms with Crippen LogP contribution in [0.1, 0.15) is 26.7 Å². The smallest absolute Gasteiger partial charge is 0.0617 e. The highest BCUT2D eigenvalue weighted by atomic mass is 16.5. The van der Waals surface area contributed by atoms with Crippen molar-refractivity contribution in [3.05, 3.63) is 13.2 Å². The third-order valence-corrected chi connectivity index (χ3v) is 2.03. The summed E-state index contributed by atoms with van der Waals surface area (Å²) in [6, 6.07) is 0.690. The van der Waals surface area contributed by atoms with Crippen LogP contribution in [0.2, 0.25) is 0 Å². The van der Waals surface area contributed by atoms with Crippen LogP contribution in [0.5, 0.6) is 0 Å². The van der Waals surface area contributed by atoms with Gasteiger partial charge in [-0.1, -0.05) is 13.8 Å². The average Bonchev–Trinajstić information content (AvgIpc) is 2.60. The molecule has 0 radical (unpaired) electrons. The number of hydrogen-bond acceptors (Lipinski definition) is 2. The molecule has 1 atom stereocenters. The molecule has 0 bridgehead atoms. The molecule has 1 heterocycles. The van der Waals surface area contributed by atoms with E-state index in [1.165, 1.54) is 19.4 Å². The molecule has 2 heteroatoms. The van der Waals surface area contributed by atoms with Crippen LogP contribution in [0.4, 0.5) is 0 Å². The number of rotatable bonds is 2. The molecule has 1 fully saturated rings. The molecular weight excluding hydrogens is 162 g/mol. The lowest BCUT2D eigenvalue weighted by Gasteiger charge is -2.17. The monoisotopic (exact) mass is 187 g/mol. The lowest BCUT2D eigenvalue weighted by Crippen LogP contribution is -2.28. The van der Waals surface area contributed by atoms with Gasteiger partial charge in [0.15, 0.2) is 0 Å². The number of likely N-dealkylation sites (N-methyl/N-ethyl adjacent to an activating group) is 1. The fourth-order valence-electron chi connectivity index (χ4n) is 1.38. The van der Waals surface area contributed by atoms with Crippen molar-refractivity contribution in [1.82, 2.24) is 4.90 Å². The minimum atomic E-state index is 0.690. The third-order valence-electron chi connectivity index (χ3n) is 2.03. The van der Waals surface area contributed by atoms with Crippen LogP contribution in [0.3, 0.4) is 0 Å². The highest BCUT2D eigenvalue weighted by Crippen LogP contribution is 2.13. The molecule has 0 aromatic carbocycles. The molecule has 1 aliphatic rings. The van der Waals surface area contributed by atoms with Gasteiger partial charge in [0.25, 0.3) is 0 Å². The summed E-state index contributed by atoms with van der Waals surface area (Å²) in [5.41, 5.74) is 0. The SMILES string of the molecule is C=C.CC.COCC1CCCN1C. The van der Waals surface area contributed by atoms with Gasteiger partial charge in [0.1, 0.15) is 0 Å². The topological polar surface area (TPSA) is 12.5 Å². The van der Waals surface area contributed by atoms with Gasteiger partial charge >= 0.3 is 0 Å². The summed E-state index contributed by atoms with van der Waals surface area (Å²) in [5.74, 6) is 0. The fourth-order valence-corrected chi connectivity index (χ4v) is 1.38. The van der Waals surface area contributed by atoms with Crippen molar-refractivity contribution in [3.63, 3.8) is 0 Å². The first-order valence-electron chi connectivity index (χ1n) is 5.04. The van der Waals surface area contributed by atoms with Crippen LogP contribution in [0.15, 0.2) is 13.2 Å². The first-order chi connectivity index (χ1) is 6.34. The van der Waals surface area contributed by atoms with Gasteiger partial charge in [-0.15, -0.1) is 13.2 Å². The standard InChI is InChI=1S/C7H15NO.C2H6.C2H4/c1-8-5-3-4-7(8)6-9-2;2*1-2/h7H,3-6H2,1-2H3;1-2H3;1-2H2. The van der Waals surface area contributed by atoms with Crippen molar-refractivity contribution in [2.75, 3.05) is 27.3 Å². The summed E-state index contributed by atoms with van der Waals surface area (Å²) < 4.78 is 5.05. The molecule has 0 saturated carbocycles. The van der Waals surface area contributed by atoms with E-state index in [0.717, 1.165) is 6.61 Å². The van der Waals surface area contributed by atoms with Crippen LogP contribution < -0.4 is 0 Å². The number of methoxy groups -OCH3 is 1. The van der Waals surface area contributed by atoms with Gasteiger partial charge in [-0.3, -0.25) is 0 Å². The van der Waals surface area contributed by atoms with Crippen molar-refractivity contribution >= 4 is 0 Å². The molecule has 1 unspecified atom stereocenters. The molecule has 0 aromatic heterocycles. The molecule has 1 aliphatic heterocycles. The lowest BCUT2D eigenvalue weighted by molar-refractivity contribution is 0.129. The molecule has 2 nitrogen and oxygen atoms in total. The van der Waals surface area contributed by atoms with Crippen molar-refractivity contribution in [3.8, 4) is 0 Å². The van der Waals surface area contributed by atoms with E-state index in [0.29, 0.717) is 6.04 Å². The lowest BCUT2D eigenvalue weighted by atomic mass is 10.2. The van der Waals surface area contributed by atoms with Gasteiger partial charge in [0.05, 0.1) is 6.61 Å². The maximum Gasteiger partial charge on any atom is 0.0617 e. The Labute approximate surface area is 83.6 Å². The Morgan fingerprint density at radius 1 is 1.38 bits per heavy atom. The summed E-state index contributed by atoms with van der Waals surface area (Å²) in [6.07, 6.45) is 2.65. The molecule has 0 aromatic rings. The Balaban J connectivity index is 0. The molecule has 13 heavy (non-hydrogen) atoms. The molecule has 0 amide bonds. The number of nitrogens with zero attached hydrogens (tertiary/aromatic N) is 1. The second kappa shape index (κ2) is 11.7. The van der Waals surface area contributed by atoms with Crippen LogP contribution >= 0.6 is 0 Å². The van der Waals surface area contributed by atoms with Crippen LogP contribution in [0.25, 0.3) is 0 Å². The Kier molecular flexibility index (Phi) is 13.6. The quantitative estimate of drug-likeness (QED) is 0.616. The summed E-state index contributed by atoms with van der Waals surface area (Å²) in [6.45, 7) is 12.1. The zero-order valence-electron chi connectivity index (χ0n) is 9.68. The molecule has 80 valence electrons. The van der Waals surface area contributed by atoms with Gasteiger partial charge < -0.3 is 9.64 Å². The van der Waals surface area contributed by atoms with Crippen molar-refractivity contribution in [1.29, 1.82) is 0 Å². The second-order valence-electron chi connectivity index (χ2n) is 2.73. The van der Waals surface area contributed by atoms with Crippen LogP contribution in [-0.4, -0.2) is 38.3 Å². The highest BCUT2D eigenvalue weighted by Gasteiger charge is 2.19. The maximum atomic E-state index is 5.05. The van der Waals surface area contributed by atoms with Crippen molar-refractivity contribution in [2.24, 2.45) is 0 Å². The Hall–Kier alpha value is -0.340. The van der Waals surface area contributed by atoms with Gasteiger partial charge in [-0.2, -0.15) is 0 Å². The van der Waals surface area contributed by atoms with E-state index < -0.39 is 0 Å². The van der Waals surface area contributed by atoms with Crippen molar-refractivity contribution in [2.45, 2.75) is 32.7 Å². The van der Waals surface area contributed by atoms with E-state index in [2.05, 4.69) is 25.1 Å². The van der Waals surface area contributed by atoms with E-state index in [9.17, 15) is 0 Å². The maximum absolute atomic E-state index is 5.05. The first-order valence-corrected chi connectivity index (χ1v) is 5.04. The normalized spacial score (nSPS) is 21.1. The largest absolute Gasteiger partial charge is 0.383 e. The van der Waals surface area contributed by atoms with Crippen LogP contribution in [0, 0.1) is 0 Å². The van der Waals surface area contributed by atoms with E-state index in [1.54, 1.807) is 7.11 Å². The highest BCUT2D eigenvalue weighted by molar-refractivity contribution is 4.75. The minimum absolute atomic E-state index is 0.690. The Bertz CT molecular complexity index is 96.1. The predicted octanol–water partition coefficient (Wildman–Crippen LogP) is 2.56. The van der Waals surface area contributed by atoms with Gasteiger partial charge in [0.2, 0.25) is 0 Å². The number of likely N-dealkylation sites (tertiary alicyclic amines) is 1. The molecule has 1 rings (SSSR count). The summed E-state index contributed by atoms with van der Waals surface area (Å²) in [5, 5.41) is 0. The number of hydrogen-bond donors (Lipinski definition) is 0. The zero-order valence-corrected chi connectivity index (χ0v) is 9.68. The Morgan fingerprint density at radius 2 is 1.92 bits per heavy atom. The molecular formula is C11H25NO. The summed E-state index contributed by atoms with van der Waals surface area (Å²) >= 11 is 0. The molecule has 0 spiro atoms. The molecule has 0 aliphatic carbocycles. The summed E-state index contributed by atoms with van der Waals surface area (Å²) in [4.78, 5) is 2.36. The van der Waals surface area contributed by atoms with Gasteiger partial charge in [-0.25, -0.2) is 0 Å². The predicted molar refractivity (Wildman–Crippen MR) is 60.1 cm³/mol. The van der Waals surface area contributed by atoms with Crippen molar-refractivity contribution < 1.29 is 4.74 Å². The van der Waals surface area contributed by atoms with E-state index in [1.807, 2.05) is 13.8 Å². The van der Waals surface area contributed by atoms with Gasteiger partial charge in [-0.05, 0) is 26.4 Å². The van der Waals surface area contributed by atoms with Gasteiger partial charge in [0, 0.05) is 13.2 Å². The zero-order chi connectivity index (χ0) is 10.7. The second-order valence-corrected chi connectivity index (χ2v) is 2.73. The number of ether oxygens (including phenoxy) is 1. The van der Waals surface area contributed by atoms with E-state index >= 15 is 0 Å². The van der Waals surface area contributed by atoms with Crippen LogP contribution in [-0.2, 0) is 4.74 Å². The molecule has 0 N–H and O–H groups in total. The fraction of sp³-hybridized carbons (Fsp3) is 0.818. The van der Waals surface area contributed by atoms with E-state index in [-0.39, 0.29) is 0 Å². The third kappa shape index (κ3) is 6.79. The molecule has 1 saturated heterocycles. The first kappa shape index (κ1) is 15.1.